The molecule has 0 aliphatic carbocycles. The molecular weight excluding hydrogens is 228 g/mol. The van der Waals surface area contributed by atoms with Gasteiger partial charge in [-0.1, -0.05) is 6.92 Å². The lowest BCUT2D eigenvalue weighted by Crippen LogP contribution is -2.43. The van der Waals surface area contributed by atoms with Gasteiger partial charge >= 0.3 is 0 Å². The molecule has 5 N–H and O–H groups in total. The van der Waals surface area contributed by atoms with Crippen LogP contribution in [0.2, 0.25) is 0 Å². The number of hydrogen-bond donors (Lipinski definition) is 4. The predicted molar refractivity (Wildman–Crippen MR) is 58.5 cm³/mol. The molecule has 0 aromatic heterocycles. The second kappa shape index (κ2) is 8.08. The van der Waals surface area contributed by atoms with Crippen molar-refractivity contribution >= 4 is 23.6 Å². The Kier molecular flexibility index (Phi) is 7.07. The summed E-state index contributed by atoms with van der Waals surface area (Å²) in [6, 6.07) is 0. The van der Waals surface area contributed by atoms with Gasteiger partial charge in [-0.2, -0.15) is 0 Å². The highest BCUT2D eigenvalue weighted by atomic mass is 16.2. The maximum atomic E-state index is 11.1. The first-order valence-corrected chi connectivity index (χ1v) is 5.04. The molecule has 0 bridgehead atoms. The van der Waals surface area contributed by atoms with E-state index in [4.69, 9.17) is 5.73 Å². The third-order valence-corrected chi connectivity index (χ3v) is 1.67. The summed E-state index contributed by atoms with van der Waals surface area (Å²) in [6.07, 6.45) is 0.284. The smallest absolute Gasteiger partial charge is 0.239 e. The molecule has 0 spiro atoms. The van der Waals surface area contributed by atoms with Crippen LogP contribution in [0.25, 0.3) is 0 Å². The maximum absolute atomic E-state index is 11.1. The molecule has 8 heteroatoms. The Bertz CT molecular complexity index is 316. The van der Waals surface area contributed by atoms with Crippen molar-refractivity contribution in [3.63, 3.8) is 0 Å². The highest BCUT2D eigenvalue weighted by Gasteiger charge is 2.06. The fourth-order valence-corrected chi connectivity index (χ4v) is 0.793. The average Bonchev–Trinajstić information content (AvgIpc) is 2.30. The van der Waals surface area contributed by atoms with Crippen LogP contribution in [0.15, 0.2) is 0 Å². The fraction of sp³-hybridized carbons (Fsp3) is 0.556. The first kappa shape index (κ1) is 14.9. The average molecular weight is 244 g/mol. The quantitative estimate of drug-likeness (QED) is 0.386. The van der Waals surface area contributed by atoms with Crippen molar-refractivity contribution in [3.8, 4) is 0 Å². The summed E-state index contributed by atoms with van der Waals surface area (Å²) in [5.74, 6) is -1.93. The Balaban J connectivity index is 3.66. The largest absolute Gasteiger partial charge is 0.368 e. The summed E-state index contributed by atoms with van der Waals surface area (Å²) in [6.45, 7) is 0.926. The van der Waals surface area contributed by atoms with Crippen LogP contribution in [0.4, 0.5) is 0 Å². The molecule has 0 unspecified atom stereocenters. The Morgan fingerprint density at radius 1 is 0.824 bits per heavy atom. The molecule has 0 atom stereocenters. The second-order valence-corrected chi connectivity index (χ2v) is 3.15. The molecule has 0 saturated carbocycles. The Morgan fingerprint density at radius 2 is 1.24 bits per heavy atom. The van der Waals surface area contributed by atoms with E-state index in [1.165, 1.54) is 0 Å². The van der Waals surface area contributed by atoms with Crippen LogP contribution in [-0.2, 0) is 19.2 Å². The number of carbonyl (C=O) groups excluding carboxylic acids is 4. The van der Waals surface area contributed by atoms with Crippen molar-refractivity contribution in [1.82, 2.24) is 16.0 Å². The number of carbonyl (C=O) groups is 4. The number of rotatable bonds is 7. The minimum atomic E-state index is -0.667. The summed E-state index contributed by atoms with van der Waals surface area (Å²) >= 11 is 0. The van der Waals surface area contributed by atoms with Crippen LogP contribution >= 0.6 is 0 Å². The minimum Gasteiger partial charge on any atom is -0.368 e. The van der Waals surface area contributed by atoms with Crippen LogP contribution in [0.3, 0.4) is 0 Å². The number of amides is 4. The van der Waals surface area contributed by atoms with Gasteiger partial charge in [0.25, 0.3) is 0 Å². The highest BCUT2D eigenvalue weighted by molar-refractivity contribution is 5.89. The molecule has 17 heavy (non-hydrogen) atoms. The van der Waals surface area contributed by atoms with Gasteiger partial charge in [0.2, 0.25) is 23.6 Å². The van der Waals surface area contributed by atoms with Crippen molar-refractivity contribution in [2.75, 3.05) is 19.6 Å². The van der Waals surface area contributed by atoms with E-state index in [1.54, 1.807) is 6.92 Å². The normalized spacial score (nSPS) is 9.24. The summed E-state index contributed by atoms with van der Waals surface area (Å²) in [5.41, 5.74) is 4.80. The standard InChI is InChI=1S/C9H16N4O4/c1-2-7(15)12-4-9(17)13-5-8(16)11-3-6(10)14/h2-5H2,1H3,(H2,10,14)(H,11,16)(H,12,15)(H,13,17). The molecule has 0 aliphatic heterocycles. The van der Waals surface area contributed by atoms with E-state index in [1.807, 2.05) is 0 Å². The molecule has 0 saturated heterocycles. The molecule has 0 aromatic carbocycles. The van der Waals surface area contributed by atoms with Crippen molar-refractivity contribution in [2.45, 2.75) is 13.3 Å². The monoisotopic (exact) mass is 244 g/mol. The molecule has 0 aliphatic rings. The molecule has 0 fully saturated rings. The SMILES string of the molecule is CCC(=O)NCC(=O)NCC(=O)NCC(N)=O. The van der Waals surface area contributed by atoms with Gasteiger partial charge in [0, 0.05) is 6.42 Å². The van der Waals surface area contributed by atoms with Gasteiger partial charge in [-0.15, -0.1) is 0 Å². The summed E-state index contributed by atoms with van der Waals surface area (Å²) < 4.78 is 0. The first-order chi connectivity index (χ1) is 7.95. The van der Waals surface area contributed by atoms with Gasteiger partial charge in [-0.3, -0.25) is 19.2 Å². The first-order valence-electron chi connectivity index (χ1n) is 5.04. The van der Waals surface area contributed by atoms with Gasteiger partial charge in [0.05, 0.1) is 19.6 Å². The molecule has 0 rings (SSSR count). The number of hydrogen-bond acceptors (Lipinski definition) is 4. The molecular formula is C9H16N4O4. The summed E-state index contributed by atoms with van der Waals surface area (Å²) in [7, 11) is 0. The number of nitrogens with two attached hydrogens (primary N) is 1. The molecule has 96 valence electrons. The molecule has 0 aromatic rings. The van der Waals surface area contributed by atoms with Gasteiger partial charge in [0.1, 0.15) is 0 Å². The topological polar surface area (TPSA) is 130 Å². The van der Waals surface area contributed by atoms with Crippen LogP contribution in [0.5, 0.6) is 0 Å². The zero-order valence-electron chi connectivity index (χ0n) is 9.54. The maximum Gasteiger partial charge on any atom is 0.239 e. The summed E-state index contributed by atoms with van der Waals surface area (Å²) in [5, 5.41) is 6.82. The van der Waals surface area contributed by atoms with E-state index in [2.05, 4.69) is 16.0 Å². The van der Waals surface area contributed by atoms with E-state index < -0.39 is 17.7 Å². The van der Waals surface area contributed by atoms with Gasteiger partial charge in [-0.05, 0) is 0 Å². The number of nitrogens with one attached hydrogen (secondary N) is 3. The third-order valence-electron chi connectivity index (χ3n) is 1.67. The second-order valence-electron chi connectivity index (χ2n) is 3.15. The minimum absolute atomic E-state index is 0.185. The Hall–Kier alpha value is -2.12. The van der Waals surface area contributed by atoms with Crippen molar-refractivity contribution in [3.05, 3.63) is 0 Å². The van der Waals surface area contributed by atoms with Crippen LogP contribution in [-0.4, -0.2) is 43.3 Å². The van der Waals surface area contributed by atoms with E-state index in [9.17, 15) is 19.2 Å². The lowest BCUT2D eigenvalue weighted by molar-refractivity contribution is -0.128. The lowest BCUT2D eigenvalue weighted by Gasteiger charge is -2.06. The predicted octanol–water partition coefficient (Wildman–Crippen LogP) is -2.77. The van der Waals surface area contributed by atoms with Gasteiger partial charge < -0.3 is 21.7 Å². The molecule has 0 heterocycles. The van der Waals surface area contributed by atoms with Crippen LogP contribution < -0.4 is 21.7 Å². The van der Waals surface area contributed by atoms with E-state index in [-0.39, 0.29) is 32.0 Å². The third kappa shape index (κ3) is 8.85. The van der Waals surface area contributed by atoms with E-state index >= 15 is 0 Å². The van der Waals surface area contributed by atoms with Crippen molar-refractivity contribution in [2.24, 2.45) is 5.73 Å². The van der Waals surface area contributed by atoms with E-state index in [0.29, 0.717) is 0 Å². The molecule has 4 amide bonds. The van der Waals surface area contributed by atoms with Crippen molar-refractivity contribution in [1.29, 1.82) is 0 Å². The van der Waals surface area contributed by atoms with Crippen molar-refractivity contribution < 1.29 is 19.2 Å². The van der Waals surface area contributed by atoms with Gasteiger partial charge in [-0.25, -0.2) is 0 Å². The zero-order chi connectivity index (χ0) is 13.3. The Labute approximate surface area is 98.3 Å². The Morgan fingerprint density at radius 3 is 1.65 bits per heavy atom. The van der Waals surface area contributed by atoms with Gasteiger partial charge in [0.15, 0.2) is 0 Å². The molecule has 0 radical (unpaired) electrons. The lowest BCUT2D eigenvalue weighted by atomic mass is 10.4. The zero-order valence-corrected chi connectivity index (χ0v) is 9.54. The highest BCUT2D eigenvalue weighted by Crippen LogP contribution is 1.74. The summed E-state index contributed by atoms with van der Waals surface area (Å²) in [4.78, 5) is 43.3. The van der Waals surface area contributed by atoms with Crippen LogP contribution in [0, 0.1) is 0 Å². The van der Waals surface area contributed by atoms with E-state index in [0.717, 1.165) is 0 Å². The fourth-order valence-electron chi connectivity index (χ4n) is 0.793. The van der Waals surface area contributed by atoms with Crippen LogP contribution in [0.1, 0.15) is 13.3 Å². The number of primary amides is 1. The molecule has 8 nitrogen and oxygen atoms in total.